The van der Waals surface area contributed by atoms with Crippen molar-refractivity contribution in [2.24, 2.45) is 0 Å². The van der Waals surface area contributed by atoms with Crippen LogP contribution in [-0.2, 0) is 9.53 Å². The molecule has 13 heavy (non-hydrogen) atoms. The van der Waals surface area contributed by atoms with Gasteiger partial charge in [-0.15, -0.1) is 0 Å². The standard InChI is InChI=1S/C9H15NO2S/c11-9(8-2-1-4-12-8)10-7-3-5-13-6-7/h7-8H,1-6H2,(H,10,11)/t7?,8-/m0/s1. The van der Waals surface area contributed by atoms with Crippen molar-refractivity contribution in [2.45, 2.75) is 31.4 Å². The largest absolute Gasteiger partial charge is 0.368 e. The minimum Gasteiger partial charge on any atom is -0.368 e. The predicted molar refractivity (Wildman–Crippen MR) is 52.8 cm³/mol. The van der Waals surface area contributed by atoms with Crippen LogP contribution in [0.4, 0.5) is 0 Å². The smallest absolute Gasteiger partial charge is 0.249 e. The maximum atomic E-state index is 11.6. The summed E-state index contributed by atoms with van der Waals surface area (Å²) in [7, 11) is 0. The highest BCUT2D eigenvalue weighted by atomic mass is 32.2. The van der Waals surface area contributed by atoms with Gasteiger partial charge in [0, 0.05) is 18.4 Å². The number of carbonyl (C=O) groups excluding carboxylic acids is 1. The molecule has 0 aromatic rings. The van der Waals surface area contributed by atoms with Crippen LogP contribution in [0.3, 0.4) is 0 Å². The average molecular weight is 201 g/mol. The fourth-order valence-corrected chi connectivity index (χ4v) is 2.88. The number of thioether (sulfide) groups is 1. The zero-order valence-corrected chi connectivity index (χ0v) is 8.44. The zero-order valence-electron chi connectivity index (χ0n) is 7.62. The summed E-state index contributed by atoms with van der Waals surface area (Å²) in [6.07, 6.45) is 2.87. The lowest BCUT2D eigenvalue weighted by molar-refractivity contribution is -0.130. The summed E-state index contributed by atoms with van der Waals surface area (Å²) < 4.78 is 5.31. The summed E-state index contributed by atoms with van der Waals surface area (Å²) in [6.45, 7) is 0.748. The molecular formula is C9H15NO2S. The zero-order chi connectivity index (χ0) is 9.10. The molecular weight excluding hydrogens is 186 g/mol. The summed E-state index contributed by atoms with van der Waals surface area (Å²) in [5.74, 6) is 2.35. The minimum atomic E-state index is -0.161. The van der Waals surface area contributed by atoms with Crippen LogP contribution in [0.1, 0.15) is 19.3 Å². The SMILES string of the molecule is O=C(NC1CCSC1)[C@@H]1CCCO1. The molecule has 0 saturated carbocycles. The van der Waals surface area contributed by atoms with E-state index in [9.17, 15) is 4.79 Å². The molecule has 1 amide bonds. The molecule has 2 atom stereocenters. The third kappa shape index (κ3) is 2.38. The lowest BCUT2D eigenvalue weighted by atomic mass is 10.2. The Morgan fingerprint density at radius 3 is 3.00 bits per heavy atom. The highest BCUT2D eigenvalue weighted by Crippen LogP contribution is 2.18. The molecule has 4 heteroatoms. The van der Waals surface area contributed by atoms with Crippen LogP contribution < -0.4 is 5.32 Å². The first-order chi connectivity index (χ1) is 6.36. The average Bonchev–Trinajstić information content (AvgIpc) is 2.74. The maximum Gasteiger partial charge on any atom is 0.249 e. The first-order valence-electron chi connectivity index (χ1n) is 4.86. The topological polar surface area (TPSA) is 38.3 Å². The molecule has 1 N–H and O–H groups in total. The normalized spacial score (nSPS) is 33.5. The first kappa shape index (κ1) is 9.34. The molecule has 0 spiro atoms. The van der Waals surface area contributed by atoms with Crippen molar-refractivity contribution in [3.63, 3.8) is 0 Å². The van der Waals surface area contributed by atoms with Crippen LogP contribution in [-0.4, -0.2) is 36.2 Å². The number of carbonyl (C=O) groups is 1. The van der Waals surface area contributed by atoms with E-state index in [1.54, 1.807) is 0 Å². The van der Waals surface area contributed by atoms with Crippen molar-refractivity contribution in [3.05, 3.63) is 0 Å². The van der Waals surface area contributed by atoms with Gasteiger partial charge in [-0.05, 0) is 25.0 Å². The van der Waals surface area contributed by atoms with Crippen molar-refractivity contribution >= 4 is 17.7 Å². The van der Waals surface area contributed by atoms with Crippen molar-refractivity contribution in [1.82, 2.24) is 5.32 Å². The van der Waals surface area contributed by atoms with Gasteiger partial charge in [-0.25, -0.2) is 0 Å². The van der Waals surface area contributed by atoms with Crippen LogP contribution in [0.15, 0.2) is 0 Å². The van der Waals surface area contributed by atoms with E-state index in [2.05, 4.69) is 5.32 Å². The second-order valence-corrected chi connectivity index (χ2v) is 4.72. The molecule has 2 saturated heterocycles. The van der Waals surface area contributed by atoms with E-state index in [-0.39, 0.29) is 12.0 Å². The molecule has 74 valence electrons. The Bertz CT molecular complexity index is 186. The summed E-state index contributed by atoms with van der Waals surface area (Å²) >= 11 is 1.91. The Hall–Kier alpha value is -0.220. The fourth-order valence-electron chi connectivity index (χ4n) is 1.73. The van der Waals surface area contributed by atoms with Gasteiger partial charge in [0.2, 0.25) is 5.91 Å². The number of ether oxygens (including phenoxy) is 1. The molecule has 2 rings (SSSR count). The lowest BCUT2D eigenvalue weighted by Crippen LogP contribution is -2.41. The van der Waals surface area contributed by atoms with Gasteiger partial charge in [0.1, 0.15) is 6.10 Å². The Morgan fingerprint density at radius 1 is 1.46 bits per heavy atom. The Kier molecular flexibility index (Phi) is 3.11. The van der Waals surface area contributed by atoms with E-state index in [1.807, 2.05) is 11.8 Å². The van der Waals surface area contributed by atoms with Gasteiger partial charge in [0.05, 0.1) is 0 Å². The van der Waals surface area contributed by atoms with Gasteiger partial charge in [0.25, 0.3) is 0 Å². The molecule has 3 nitrogen and oxygen atoms in total. The maximum absolute atomic E-state index is 11.6. The quantitative estimate of drug-likeness (QED) is 0.717. The minimum absolute atomic E-state index is 0.102. The Labute approximate surface area is 82.6 Å². The first-order valence-corrected chi connectivity index (χ1v) is 6.01. The number of nitrogens with one attached hydrogen (secondary N) is 1. The highest BCUT2D eigenvalue weighted by Gasteiger charge is 2.26. The van der Waals surface area contributed by atoms with E-state index < -0.39 is 0 Å². The van der Waals surface area contributed by atoms with E-state index in [4.69, 9.17) is 4.74 Å². The summed E-state index contributed by atoms with van der Waals surface area (Å²) in [5, 5.41) is 3.04. The summed E-state index contributed by atoms with van der Waals surface area (Å²) in [4.78, 5) is 11.6. The number of hydrogen-bond acceptors (Lipinski definition) is 3. The molecule has 0 aliphatic carbocycles. The van der Waals surface area contributed by atoms with Crippen LogP contribution in [0.2, 0.25) is 0 Å². The van der Waals surface area contributed by atoms with Gasteiger partial charge in [-0.3, -0.25) is 4.79 Å². The van der Waals surface area contributed by atoms with Gasteiger partial charge >= 0.3 is 0 Å². The summed E-state index contributed by atoms with van der Waals surface area (Å²) in [6, 6.07) is 0.390. The molecule has 0 radical (unpaired) electrons. The van der Waals surface area contributed by atoms with Crippen LogP contribution in [0.5, 0.6) is 0 Å². The molecule has 2 aliphatic rings. The third-order valence-corrected chi connectivity index (χ3v) is 3.66. The van der Waals surface area contributed by atoms with Crippen molar-refractivity contribution in [3.8, 4) is 0 Å². The third-order valence-electron chi connectivity index (χ3n) is 2.50. The molecule has 0 aromatic heterocycles. The van der Waals surface area contributed by atoms with Crippen molar-refractivity contribution < 1.29 is 9.53 Å². The van der Waals surface area contributed by atoms with E-state index in [0.29, 0.717) is 6.04 Å². The Morgan fingerprint density at radius 2 is 2.38 bits per heavy atom. The van der Waals surface area contributed by atoms with Gasteiger partial charge in [0.15, 0.2) is 0 Å². The van der Waals surface area contributed by atoms with Gasteiger partial charge < -0.3 is 10.1 Å². The monoisotopic (exact) mass is 201 g/mol. The van der Waals surface area contributed by atoms with Crippen molar-refractivity contribution in [1.29, 1.82) is 0 Å². The van der Waals surface area contributed by atoms with Crippen LogP contribution >= 0.6 is 11.8 Å². The predicted octanol–water partition coefficient (Wildman–Crippen LogP) is 0.787. The second-order valence-electron chi connectivity index (χ2n) is 3.57. The molecule has 2 heterocycles. The van der Waals surface area contributed by atoms with Crippen molar-refractivity contribution in [2.75, 3.05) is 18.1 Å². The van der Waals surface area contributed by atoms with E-state index in [0.717, 1.165) is 31.6 Å². The number of rotatable bonds is 2. The van der Waals surface area contributed by atoms with E-state index in [1.165, 1.54) is 5.75 Å². The number of amides is 1. The van der Waals surface area contributed by atoms with Gasteiger partial charge in [-0.1, -0.05) is 0 Å². The second kappa shape index (κ2) is 4.33. The molecule has 1 unspecified atom stereocenters. The van der Waals surface area contributed by atoms with Crippen LogP contribution in [0, 0.1) is 0 Å². The highest BCUT2D eigenvalue weighted by molar-refractivity contribution is 7.99. The molecule has 0 aromatic carbocycles. The number of hydrogen-bond donors (Lipinski definition) is 1. The fraction of sp³-hybridized carbons (Fsp3) is 0.889. The van der Waals surface area contributed by atoms with Gasteiger partial charge in [-0.2, -0.15) is 11.8 Å². The lowest BCUT2D eigenvalue weighted by Gasteiger charge is -2.14. The van der Waals surface area contributed by atoms with E-state index >= 15 is 0 Å². The molecule has 2 aliphatic heterocycles. The molecule has 2 fully saturated rings. The summed E-state index contributed by atoms with van der Waals surface area (Å²) in [5.41, 5.74) is 0. The molecule has 0 bridgehead atoms. The van der Waals surface area contributed by atoms with Crippen LogP contribution in [0.25, 0.3) is 0 Å². The Balaban J connectivity index is 1.76.